The summed E-state index contributed by atoms with van der Waals surface area (Å²) < 4.78 is 1.85. The summed E-state index contributed by atoms with van der Waals surface area (Å²) in [6.07, 6.45) is 5.67. The molecule has 1 fully saturated rings. The van der Waals surface area contributed by atoms with Gasteiger partial charge in [-0.25, -0.2) is 9.67 Å². The van der Waals surface area contributed by atoms with E-state index >= 15 is 0 Å². The van der Waals surface area contributed by atoms with Crippen molar-refractivity contribution in [2.24, 2.45) is 0 Å². The molecule has 1 amide bonds. The monoisotopic (exact) mass is 383 g/mol. The molecule has 1 saturated heterocycles. The van der Waals surface area contributed by atoms with Crippen LogP contribution in [0.15, 0.2) is 36.7 Å². The largest absolute Gasteiger partial charge is 0.370 e. The zero-order valence-corrected chi connectivity index (χ0v) is 16.2. The number of carbonyl (C=O) groups is 1. The van der Waals surface area contributed by atoms with E-state index in [1.807, 2.05) is 36.7 Å². The predicted molar refractivity (Wildman–Crippen MR) is 109 cm³/mol. The van der Waals surface area contributed by atoms with Crippen LogP contribution in [0.1, 0.15) is 43.1 Å². The second-order valence-electron chi connectivity index (χ2n) is 7.13. The van der Waals surface area contributed by atoms with Crippen molar-refractivity contribution in [2.45, 2.75) is 32.7 Å². The summed E-state index contributed by atoms with van der Waals surface area (Å²) in [5.74, 6) is -0.204. The van der Waals surface area contributed by atoms with Crippen LogP contribution in [-0.4, -0.2) is 33.8 Å². The molecule has 1 aliphatic rings. The number of nitrogens with zero attached hydrogens (tertiary/aromatic N) is 4. The molecule has 0 radical (unpaired) electrons. The van der Waals surface area contributed by atoms with Crippen molar-refractivity contribution in [3.05, 3.63) is 47.2 Å². The zero-order valence-electron chi connectivity index (χ0n) is 15.4. The Bertz CT molecular complexity index is 991. The van der Waals surface area contributed by atoms with Gasteiger partial charge in [0.15, 0.2) is 5.65 Å². The highest BCUT2D eigenvalue weighted by atomic mass is 35.5. The Morgan fingerprint density at radius 2 is 1.96 bits per heavy atom. The lowest BCUT2D eigenvalue weighted by atomic mass is 10.2. The van der Waals surface area contributed by atoms with E-state index in [2.05, 4.69) is 20.3 Å². The second kappa shape index (κ2) is 7.19. The molecule has 27 heavy (non-hydrogen) atoms. The zero-order chi connectivity index (χ0) is 19.0. The molecule has 4 rings (SSSR count). The van der Waals surface area contributed by atoms with Gasteiger partial charge >= 0.3 is 0 Å². The van der Waals surface area contributed by atoms with Crippen molar-refractivity contribution in [3.63, 3.8) is 0 Å². The molecule has 7 heteroatoms. The molecule has 1 aliphatic heterocycles. The Hall–Kier alpha value is -2.60. The minimum atomic E-state index is -0.204. The second-order valence-corrected chi connectivity index (χ2v) is 7.57. The smallest absolute Gasteiger partial charge is 0.257 e. The SMILES string of the molecule is CC(C)n1ncc2cc(C(=O)Nc3cc(Cl)ccc3N3CCCC3)cnc21. The van der Waals surface area contributed by atoms with Gasteiger partial charge in [-0.3, -0.25) is 4.79 Å². The summed E-state index contributed by atoms with van der Waals surface area (Å²) in [6.45, 7) is 6.08. The van der Waals surface area contributed by atoms with E-state index in [4.69, 9.17) is 11.6 Å². The van der Waals surface area contributed by atoms with Crippen molar-refractivity contribution < 1.29 is 4.79 Å². The van der Waals surface area contributed by atoms with Crippen LogP contribution in [0.4, 0.5) is 11.4 Å². The Morgan fingerprint density at radius 1 is 1.19 bits per heavy atom. The number of amides is 1. The lowest BCUT2D eigenvalue weighted by Crippen LogP contribution is -2.21. The molecule has 0 spiro atoms. The lowest BCUT2D eigenvalue weighted by molar-refractivity contribution is 0.102. The van der Waals surface area contributed by atoms with Crippen LogP contribution in [0, 0.1) is 0 Å². The molecular weight excluding hydrogens is 362 g/mol. The average molecular weight is 384 g/mol. The van der Waals surface area contributed by atoms with Gasteiger partial charge in [0.25, 0.3) is 5.91 Å². The van der Waals surface area contributed by atoms with Gasteiger partial charge in [0, 0.05) is 35.7 Å². The molecular formula is C20H22ClN5O. The third-order valence-electron chi connectivity index (χ3n) is 4.84. The number of benzene rings is 1. The Labute approximate surface area is 163 Å². The van der Waals surface area contributed by atoms with Crippen molar-refractivity contribution in [1.82, 2.24) is 14.8 Å². The van der Waals surface area contributed by atoms with Crippen LogP contribution in [0.2, 0.25) is 5.02 Å². The van der Waals surface area contributed by atoms with E-state index in [1.165, 1.54) is 0 Å². The molecule has 0 atom stereocenters. The third kappa shape index (κ3) is 3.49. The van der Waals surface area contributed by atoms with E-state index in [0.29, 0.717) is 10.6 Å². The minimum absolute atomic E-state index is 0.204. The Morgan fingerprint density at radius 3 is 2.70 bits per heavy atom. The van der Waals surface area contributed by atoms with Crippen molar-refractivity contribution in [3.8, 4) is 0 Å². The summed E-state index contributed by atoms with van der Waals surface area (Å²) in [5.41, 5.74) is 3.01. The number of carbonyl (C=O) groups excluding carboxylic acids is 1. The average Bonchev–Trinajstić information content (AvgIpc) is 3.31. The van der Waals surface area contributed by atoms with Crippen LogP contribution in [0.3, 0.4) is 0 Å². The van der Waals surface area contributed by atoms with Gasteiger partial charge in [0.1, 0.15) is 0 Å². The Balaban J connectivity index is 1.62. The van der Waals surface area contributed by atoms with Gasteiger partial charge in [-0.15, -0.1) is 0 Å². The fraction of sp³-hybridized carbons (Fsp3) is 0.350. The normalized spacial score (nSPS) is 14.3. The number of pyridine rings is 1. The van der Waals surface area contributed by atoms with Crippen LogP contribution >= 0.6 is 11.6 Å². The van der Waals surface area contributed by atoms with Gasteiger partial charge in [0.05, 0.1) is 23.1 Å². The number of rotatable bonds is 4. The molecule has 0 saturated carbocycles. The first-order valence-corrected chi connectivity index (χ1v) is 9.60. The van der Waals surface area contributed by atoms with Gasteiger partial charge in [-0.2, -0.15) is 5.10 Å². The third-order valence-corrected chi connectivity index (χ3v) is 5.07. The summed E-state index contributed by atoms with van der Waals surface area (Å²) in [7, 11) is 0. The quantitative estimate of drug-likeness (QED) is 0.719. The standard InChI is InChI=1S/C20H22ClN5O/c1-13(2)26-19-14(12-23-26)9-15(11-22-19)20(27)24-17-10-16(21)5-6-18(17)25-7-3-4-8-25/h5-6,9-13H,3-4,7-8H2,1-2H3,(H,24,27). The molecule has 140 valence electrons. The number of aromatic nitrogens is 3. The van der Waals surface area contributed by atoms with E-state index in [9.17, 15) is 4.79 Å². The van der Waals surface area contributed by atoms with Crippen molar-refractivity contribution in [2.75, 3.05) is 23.3 Å². The molecule has 3 aromatic rings. The number of hydrogen-bond acceptors (Lipinski definition) is 4. The summed E-state index contributed by atoms with van der Waals surface area (Å²) in [5, 5.41) is 8.81. The molecule has 6 nitrogen and oxygen atoms in total. The molecule has 1 aromatic carbocycles. The number of nitrogens with one attached hydrogen (secondary N) is 1. The van der Waals surface area contributed by atoms with Crippen LogP contribution in [0.25, 0.3) is 11.0 Å². The lowest BCUT2D eigenvalue weighted by Gasteiger charge is -2.21. The fourth-order valence-electron chi connectivity index (χ4n) is 3.48. The van der Waals surface area contributed by atoms with Gasteiger partial charge in [-0.05, 0) is 51.0 Å². The topological polar surface area (TPSA) is 63.1 Å². The van der Waals surface area contributed by atoms with Crippen LogP contribution in [-0.2, 0) is 0 Å². The highest BCUT2D eigenvalue weighted by Gasteiger charge is 2.18. The maximum Gasteiger partial charge on any atom is 0.257 e. The highest BCUT2D eigenvalue weighted by molar-refractivity contribution is 6.31. The van der Waals surface area contributed by atoms with E-state index in [-0.39, 0.29) is 11.9 Å². The minimum Gasteiger partial charge on any atom is -0.370 e. The van der Waals surface area contributed by atoms with Crippen LogP contribution < -0.4 is 10.2 Å². The van der Waals surface area contributed by atoms with Crippen molar-refractivity contribution in [1.29, 1.82) is 0 Å². The first-order chi connectivity index (χ1) is 13.0. The highest BCUT2D eigenvalue weighted by Crippen LogP contribution is 2.32. The van der Waals surface area contributed by atoms with Gasteiger partial charge in [-0.1, -0.05) is 11.6 Å². The number of anilines is 2. The number of halogens is 1. The summed E-state index contributed by atoms with van der Waals surface area (Å²) in [4.78, 5) is 19.6. The molecule has 1 N–H and O–H groups in total. The summed E-state index contributed by atoms with van der Waals surface area (Å²) >= 11 is 6.17. The van der Waals surface area contributed by atoms with E-state index in [0.717, 1.165) is 48.3 Å². The molecule has 2 aromatic heterocycles. The summed E-state index contributed by atoms with van der Waals surface area (Å²) in [6, 6.07) is 7.67. The predicted octanol–water partition coefficient (Wildman–Crippen LogP) is 4.52. The van der Waals surface area contributed by atoms with E-state index in [1.54, 1.807) is 18.5 Å². The molecule has 0 bridgehead atoms. The van der Waals surface area contributed by atoms with Crippen molar-refractivity contribution >= 4 is 39.9 Å². The first kappa shape index (κ1) is 17.8. The van der Waals surface area contributed by atoms with Gasteiger partial charge in [0.2, 0.25) is 0 Å². The van der Waals surface area contributed by atoms with Crippen LogP contribution in [0.5, 0.6) is 0 Å². The Kier molecular flexibility index (Phi) is 4.74. The molecule has 3 heterocycles. The maximum atomic E-state index is 12.8. The fourth-order valence-corrected chi connectivity index (χ4v) is 3.65. The molecule has 0 unspecified atom stereocenters. The maximum absolute atomic E-state index is 12.8. The molecule has 0 aliphatic carbocycles. The number of fused-ring (bicyclic) bond motifs is 1. The first-order valence-electron chi connectivity index (χ1n) is 9.22. The van der Waals surface area contributed by atoms with Gasteiger partial charge < -0.3 is 10.2 Å². The number of hydrogen-bond donors (Lipinski definition) is 1. The van der Waals surface area contributed by atoms with E-state index < -0.39 is 0 Å².